The number of fused-ring (bicyclic) bond motifs is 1. The maximum atomic E-state index is 11.6. The number of aryl methyl sites for hydroxylation is 2. The zero-order chi connectivity index (χ0) is 15.0. The number of benzene rings is 2. The van der Waals surface area contributed by atoms with E-state index in [0.717, 1.165) is 22.2 Å². The highest BCUT2D eigenvalue weighted by molar-refractivity contribution is 6.04. The molecular formula is C18H15NO2. The topological polar surface area (TPSA) is 50.2 Å². The molecule has 1 N–H and O–H groups in total. The van der Waals surface area contributed by atoms with Gasteiger partial charge in [0.25, 0.3) is 0 Å². The van der Waals surface area contributed by atoms with Gasteiger partial charge in [-0.15, -0.1) is 0 Å². The molecule has 0 amide bonds. The van der Waals surface area contributed by atoms with Crippen molar-refractivity contribution in [3.8, 4) is 11.3 Å². The number of hydrogen-bond donors (Lipinski definition) is 1. The van der Waals surface area contributed by atoms with Crippen LogP contribution in [0.4, 0.5) is 0 Å². The second-order valence-corrected chi connectivity index (χ2v) is 5.20. The van der Waals surface area contributed by atoms with E-state index in [4.69, 9.17) is 0 Å². The zero-order valence-electron chi connectivity index (χ0n) is 11.9. The molecule has 0 unspecified atom stereocenters. The van der Waals surface area contributed by atoms with Crippen LogP contribution in [0.15, 0.2) is 48.5 Å². The number of rotatable bonds is 2. The molecule has 0 saturated carbocycles. The van der Waals surface area contributed by atoms with Gasteiger partial charge in [-0.05, 0) is 31.5 Å². The molecule has 0 saturated heterocycles. The average molecular weight is 277 g/mol. The lowest BCUT2D eigenvalue weighted by Crippen LogP contribution is -2.01. The van der Waals surface area contributed by atoms with Crippen molar-refractivity contribution >= 4 is 16.9 Å². The van der Waals surface area contributed by atoms with Gasteiger partial charge in [0.15, 0.2) is 0 Å². The van der Waals surface area contributed by atoms with E-state index in [-0.39, 0.29) is 0 Å². The molecule has 0 bridgehead atoms. The van der Waals surface area contributed by atoms with Gasteiger partial charge in [-0.3, -0.25) is 0 Å². The fraction of sp³-hybridized carbons (Fsp3) is 0.111. The van der Waals surface area contributed by atoms with Crippen molar-refractivity contribution in [1.82, 2.24) is 4.98 Å². The van der Waals surface area contributed by atoms with E-state index in [2.05, 4.69) is 4.98 Å². The van der Waals surface area contributed by atoms with Crippen LogP contribution >= 0.6 is 0 Å². The molecule has 3 heteroatoms. The Morgan fingerprint density at radius 3 is 2.43 bits per heavy atom. The molecule has 0 aliphatic rings. The summed E-state index contributed by atoms with van der Waals surface area (Å²) in [5.74, 6) is -0.926. The molecule has 21 heavy (non-hydrogen) atoms. The normalized spacial score (nSPS) is 10.8. The van der Waals surface area contributed by atoms with Crippen LogP contribution in [0.5, 0.6) is 0 Å². The van der Waals surface area contributed by atoms with E-state index in [1.807, 2.05) is 56.3 Å². The molecule has 1 heterocycles. The number of carbonyl (C=O) groups is 1. The molecule has 0 radical (unpaired) electrons. The minimum absolute atomic E-state index is 0.297. The predicted molar refractivity (Wildman–Crippen MR) is 83.6 cm³/mol. The summed E-state index contributed by atoms with van der Waals surface area (Å²) in [5.41, 5.74) is 4.68. The highest BCUT2D eigenvalue weighted by Gasteiger charge is 2.14. The summed E-state index contributed by atoms with van der Waals surface area (Å²) in [7, 11) is 0. The molecule has 0 spiro atoms. The lowest BCUT2D eigenvalue weighted by atomic mass is 10.00. The third-order valence-corrected chi connectivity index (χ3v) is 3.55. The first-order valence-electron chi connectivity index (χ1n) is 6.77. The molecule has 104 valence electrons. The second-order valence-electron chi connectivity index (χ2n) is 5.20. The van der Waals surface area contributed by atoms with Crippen molar-refractivity contribution in [2.75, 3.05) is 0 Å². The van der Waals surface area contributed by atoms with Crippen molar-refractivity contribution in [3.05, 3.63) is 65.2 Å². The summed E-state index contributed by atoms with van der Waals surface area (Å²) < 4.78 is 0. The van der Waals surface area contributed by atoms with Crippen LogP contribution in [0.2, 0.25) is 0 Å². The fourth-order valence-corrected chi connectivity index (χ4v) is 2.61. The van der Waals surface area contributed by atoms with Crippen LogP contribution in [-0.4, -0.2) is 16.1 Å². The molecule has 3 rings (SSSR count). The first-order chi connectivity index (χ1) is 10.1. The van der Waals surface area contributed by atoms with Gasteiger partial charge in [-0.25, -0.2) is 9.78 Å². The Morgan fingerprint density at radius 1 is 1.05 bits per heavy atom. The summed E-state index contributed by atoms with van der Waals surface area (Å²) in [4.78, 5) is 16.3. The van der Waals surface area contributed by atoms with E-state index in [1.54, 1.807) is 6.07 Å². The van der Waals surface area contributed by atoms with Crippen molar-refractivity contribution in [2.45, 2.75) is 13.8 Å². The van der Waals surface area contributed by atoms with Crippen LogP contribution in [-0.2, 0) is 0 Å². The van der Waals surface area contributed by atoms with Gasteiger partial charge in [0, 0.05) is 10.9 Å². The van der Waals surface area contributed by atoms with Crippen LogP contribution in [0.25, 0.3) is 22.2 Å². The molecule has 3 nitrogen and oxygen atoms in total. The number of carboxylic acid groups (broad SMARTS) is 1. The van der Waals surface area contributed by atoms with Gasteiger partial charge in [0.2, 0.25) is 0 Å². The molecule has 3 aromatic rings. The van der Waals surface area contributed by atoms with Gasteiger partial charge in [-0.1, -0.05) is 42.0 Å². The molecule has 1 aromatic heterocycles. The van der Waals surface area contributed by atoms with Crippen molar-refractivity contribution in [1.29, 1.82) is 0 Å². The second kappa shape index (κ2) is 5.02. The number of aromatic carboxylic acids is 1. The highest BCUT2D eigenvalue weighted by atomic mass is 16.4. The largest absolute Gasteiger partial charge is 0.478 e. The van der Waals surface area contributed by atoms with Crippen molar-refractivity contribution in [2.24, 2.45) is 0 Å². The lowest BCUT2D eigenvalue weighted by molar-refractivity contribution is 0.0699. The Hall–Kier alpha value is -2.68. The minimum Gasteiger partial charge on any atom is -0.478 e. The van der Waals surface area contributed by atoms with Crippen LogP contribution in [0.3, 0.4) is 0 Å². The summed E-state index contributed by atoms with van der Waals surface area (Å²) in [6.07, 6.45) is 0. The Kier molecular flexibility index (Phi) is 3.18. The maximum Gasteiger partial charge on any atom is 0.336 e. The first-order valence-corrected chi connectivity index (χ1v) is 6.77. The van der Waals surface area contributed by atoms with Gasteiger partial charge in [0.1, 0.15) is 0 Å². The zero-order valence-corrected chi connectivity index (χ0v) is 11.9. The SMILES string of the molecule is Cc1cc(C)c2nc(-c3ccccc3)cc(C(=O)O)c2c1. The van der Waals surface area contributed by atoms with E-state index in [9.17, 15) is 9.90 Å². The third-order valence-electron chi connectivity index (χ3n) is 3.55. The number of carboxylic acids is 1. The Morgan fingerprint density at radius 2 is 1.76 bits per heavy atom. The molecule has 0 fully saturated rings. The Balaban J connectivity index is 2.38. The van der Waals surface area contributed by atoms with Gasteiger partial charge in [0.05, 0.1) is 16.8 Å². The van der Waals surface area contributed by atoms with Crippen LogP contribution in [0.1, 0.15) is 21.5 Å². The monoisotopic (exact) mass is 277 g/mol. The van der Waals surface area contributed by atoms with E-state index in [0.29, 0.717) is 16.6 Å². The summed E-state index contributed by atoms with van der Waals surface area (Å²) >= 11 is 0. The quantitative estimate of drug-likeness (QED) is 0.763. The number of hydrogen-bond acceptors (Lipinski definition) is 2. The highest BCUT2D eigenvalue weighted by Crippen LogP contribution is 2.27. The van der Waals surface area contributed by atoms with Crippen molar-refractivity contribution < 1.29 is 9.90 Å². The third kappa shape index (κ3) is 2.38. The maximum absolute atomic E-state index is 11.6. The summed E-state index contributed by atoms with van der Waals surface area (Å²) in [6.45, 7) is 3.92. The standard InChI is InChI=1S/C18H15NO2/c1-11-8-12(2)17-14(9-11)15(18(20)21)10-16(19-17)13-6-4-3-5-7-13/h3-10H,1-2H3,(H,20,21). The average Bonchev–Trinajstić information content (AvgIpc) is 2.47. The number of aromatic nitrogens is 1. The molecule has 0 atom stereocenters. The first kappa shape index (κ1) is 13.3. The molecule has 0 aliphatic carbocycles. The smallest absolute Gasteiger partial charge is 0.336 e. The van der Waals surface area contributed by atoms with Gasteiger partial charge >= 0.3 is 5.97 Å². The van der Waals surface area contributed by atoms with Crippen LogP contribution in [0, 0.1) is 13.8 Å². The number of nitrogens with zero attached hydrogens (tertiary/aromatic N) is 1. The van der Waals surface area contributed by atoms with Gasteiger partial charge < -0.3 is 5.11 Å². The molecule has 2 aromatic carbocycles. The summed E-state index contributed by atoms with van der Waals surface area (Å²) in [6, 6.07) is 15.2. The summed E-state index contributed by atoms with van der Waals surface area (Å²) in [5, 5.41) is 10.2. The minimum atomic E-state index is -0.926. The molecule has 0 aliphatic heterocycles. The Bertz CT molecular complexity index is 839. The predicted octanol–water partition coefficient (Wildman–Crippen LogP) is 4.22. The fourth-order valence-electron chi connectivity index (χ4n) is 2.61. The van der Waals surface area contributed by atoms with Gasteiger partial charge in [-0.2, -0.15) is 0 Å². The van der Waals surface area contributed by atoms with E-state index < -0.39 is 5.97 Å². The number of pyridine rings is 1. The van der Waals surface area contributed by atoms with Crippen molar-refractivity contribution in [3.63, 3.8) is 0 Å². The van der Waals surface area contributed by atoms with E-state index >= 15 is 0 Å². The Labute approximate surface area is 122 Å². The van der Waals surface area contributed by atoms with E-state index in [1.165, 1.54) is 0 Å². The van der Waals surface area contributed by atoms with Crippen LogP contribution < -0.4 is 0 Å². The molecular weight excluding hydrogens is 262 g/mol. The lowest BCUT2D eigenvalue weighted by Gasteiger charge is -2.10.